The highest BCUT2D eigenvalue weighted by Crippen LogP contribution is 2.18. The lowest BCUT2D eigenvalue weighted by molar-refractivity contribution is 0.0526. The number of esters is 1. The molecule has 0 aliphatic rings. The van der Waals surface area contributed by atoms with Gasteiger partial charge in [-0.2, -0.15) is 0 Å². The molecule has 0 bridgehead atoms. The minimum absolute atomic E-state index is 0.155. The van der Waals surface area contributed by atoms with Crippen LogP contribution in [-0.2, 0) is 4.74 Å². The van der Waals surface area contributed by atoms with Gasteiger partial charge in [-0.15, -0.1) is 11.3 Å². The maximum atomic E-state index is 12.0. The van der Waals surface area contributed by atoms with Crippen LogP contribution in [0.15, 0.2) is 60.1 Å². The molecule has 0 fully saturated rings. The number of nitrogens with one attached hydrogen (secondary N) is 2. The van der Waals surface area contributed by atoms with Crippen molar-refractivity contribution in [3.63, 3.8) is 0 Å². The maximum absolute atomic E-state index is 12.0. The van der Waals surface area contributed by atoms with E-state index in [4.69, 9.17) is 4.74 Å². The molecule has 0 saturated carbocycles. The topological polar surface area (TPSA) is 80.3 Å². The number of thiophene rings is 1. The summed E-state index contributed by atoms with van der Waals surface area (Å²) in [5, 5.41) is 7.79. The Bertz CT molecular complexity index is 875. The Morgan fingerprint density at radius 1 is 1.08 bits per heavy atom. The molecule has 3 aromatic rings. The van der Waals surface area contributed by atoms with Gasteiger partial charge in [-0.1, -0.05) is 6.07 Å². The van der Waals surface area contributed by atoms with E-state index in [0.29, 0.717) is 28.6 Å². The van der Waals surface area contributed by atoms with Crippen LogP contribution in [0, 0.1) is 0 Å². The van der Waals surface area contributed by atoms with Gasteiger partial charge in [0, 0.05) is 5.69 Å². The van der Waals surface area contributed by atoms with Gasteiger partial charge in [-0.25, -0.2) is 9.78 Å². The lowest BCUT2D eigenvalue weighted by atomic mass is 10.2. The molecule has 132 valence electrons. The summed E-state index contributed by atoms with van der Waals surface area (Å²) in [5.41, 5.74) is 1.91. The van der Waals surface area contributed by atoms with Crippen molar-refractivity contribution in [2.75, 3.05) is 17.2 Å². The molecule has 0 atom stereocenters. The number of pyridine rings is 1. The number of carbonyl (C=O) groups is 2. The number of carbonyl (C=O) groups excluding carboxylic acids is 2. The van der Waals surface area contributed by atoms with E-state index in [2.05, 4.69) is 15.6 Å². The van der Waals surface area contributed by atoms with Gasteiger partial charge < -0.3 is 15.4 Å². The van der Waals surface area contributed by atoms with Crippen LogP contribution in [-0.4, -0.2) is 23.5 Å². The zero-order valence-electron chi connectivity index (χ0n) is 14.1. The second-order valence-corrected chi connectivity index (χ2v) is 6.23. The molecule has 2 aromatic heterocycles. The smallest absolute Gasteiger partial charge is 0.338 e. The lowest BCUT2D eigenvalue weighted by Gasteiger charge is -2.08. The first kappa shape index (κ1) is 17.6. The second kappa shape index (κ2) is 8.26. The third-order valence-electron chi connectivity index (χ3n) is 3.43. The molecular formula is C19H17N3O3S. The molecule has 26 heavy (non-hydrogen) atoms. The number of rotatable bonds is 6. The van der Waals surface area contributed by atoms with Crippen molar-refractivity contribution in [1.82, 2.24) is 4.98 Å². The normalized spacial score (nSPS) is 10.2. The number of hydrogen-bond donors (Lipinski definition) is 2. The molecule has 0 spiro atoms. The molecule has 0 unspecified atom stereocenters. The number of amides is 1. The summed E-state index contributed by atoms with van der Waals surface area (Å²) in [6.45, 7) is 2.12. The molecule has 1 amide bonds. The standard InChI is InChI=1S/C19H17N3O3S/c1-2-25-19(24)13-5-7-14(8-6-13)21-17-10-9-15(12-20-17)22-18(23)16-4-3-11-26-16/h3-12H,2H2,1H3,(H,20,21)(H,22,23). The van der Waals surface area contributed by atoms with E-state index >= 15 is 0 Å². The van der Waals surface area contributed by atoms with Gasteiger partial charge in [0.15, 0.2) is 0 Å². The zero-order valence-corrected chi connectivity index (χ0v) is 14.9. The van der Waals surface area contributed by atoms with Crippen LogP contribution in [0.4, 0.5) is 17.2 Å². The first-order valence-electron chi connectivity index (χ1n) is 8.01. The van der Waals surface area contributed by atoms with Crippen LogP contribution in [0.1, 0.15) is 27.0 Å². The molecule has 0 aliphatic carbocycles. The predicted molar refractivity (Wildman–Crippen MR) is 102 cm³/mol. The monoisotopic (exact) mass is 367 g/mol. The Kier molecular flexibility index (Phi) is 5.60. The Morgan fingerprint density at radius 3 is 2.46 bits per heavy atom. The predicted octanol–water partition coefficient (Wildman–Crippen LogP) is 4.32. The molecule has 7 heteroatoms. The highest BCUT2D eigenvalue weighted by molar-refractivity contribution is 7.12. The number of hydrogen-bond acceptors (Lipinski definition) is 6. The molecule has 2 heterocycles. The fraction of sp³-hybridized carbons (Fsp3) is 0.105. The first-order valence-corrected chi connectivity index (χ1v) is 8.89. The van der Waals surface area contributed by atoms with E-state index in [1.807, 2.05) is 11.4 Å². The number of nitrogens with zero attached hydrogens (tertiary/aromatic N) is 1. The van der Waals surface area contributed by atoms with Crippen LogP contribution in [0.2, 0.25) is 0 Å². The van der Waals surface area contributed by atoms with Crippen molar-refractivity contribution in [2.24, 2.45) is 0 Å². The van der Waals surface area contributed by atoms with Crippen LogP contribution in [0.25, 0.3) is 0 Å². The summed E-state index contributed by atoms with van der Waals surface area (Å²) in [6, 6.07) is 14.1. The summed E-state index contributed by atoms with van der Waals surface area (Å²) < 4.78 is 4.95. The second-order valence-electron chi connectivity index (χ2n) is 5.29. The molecule has 0 saturated heterocycles. The summed E-state index contributed by atoms with van der Waals surface area (Å²) >= 11 is 1.38. The average Bonchev–Trinajstić information content (AvgIpc) is 3.19. The third kappa shape index (κ3) is 4.46. The van der Waals surface area contributed by atoms with Gasteiger partial charge in [0.2, 0.25) is 0 Å². The van der Waals surface area contributed by atoms with Gasteiger partial charge in [-0.05, 0) is 54.8 Å². The Hall–Kier alpha value is -3.19. The average molecular weight is 367 g/mol. The van der Waals surface area contributed by atoms with Gasteiger partial charge >= 0.3 is 5.97 Å². The first-order chi connectivity index (χ1) is 12.7. The maximum Gasteiger partial charge on any atom is 0.338 e. The van der Waals surface area contributed by atoms with Crippen molar-refractivity contribution in [3.05, 3.63) is 70.5 Å². The van der Waals surface area contributed by atoms with Crippen molar-refractivity contribution >= 4 is 40.4 Å². The SMILES string of the molecule is CCOC(=O)c1ccc(Nc2ccc(NC(=O)c3cccs3)cn2)cc1. The van der Waals surface area contributed by atoms with Crippen molar-refractivity contribution < 1.29 is 14.3 Å². The van der Waals surface area contributed by atoms with Crippen molar-refractivity contribution in [2.45, 2.75) is 6.92 Å². The van der Waals surface area contributed by atoms with Crippen molar-refractivity contribution in [1.29, 1.82) is 0 Å². The quantitative estimate of drug-likeness (QED) is 0.635. The Balaban J connectivity index is 1.60. The van der Waals surface area contributed by atoms with Gasteiger partial charge in [-0.3, -0.25) is 4.79 Å². The van der Waals surface area contributed by atoms with Gasteiger partial charge in [0.05, 0.1) is 28.9 Å². The van der Waals surface area contributed by atoms with Crippen LogP contribution < -0.4 is 10.6 Å². The molecular weight excluding hydrogens is 350 g/mol. The van der Waals surface area contributed by atoms with Crippen LogP contribution in [0.3, 0.4) is 0 Å². The number of benzene rings is 1. The summed E-state index contributed by atoms with van der Waals surface area (Å²) in [6.07, 6.45) is 1.58. The minimum Gasteiger partial charge on any atom is -0.462 e. The fourth-order valence-electron chi connectivity index (χ4n) is 2.19. The van der Waals surface area contributed by atoms with Crippen molar-refractivity contribution in [3.8, 4) is 0 Å². The molecule has 2 N–H and O–H groups in total. The number of ether oxygens (including phenoxy) is 1. The van der Waals surface area contributed by atoms with Gasteiger partial charge in [0.25, 0.3) is 5.91 Å². The number of aromatic nitrogens is 1. The molecule has 0 aliphatic heterocycles. The summed E-state index contributed by atoms with van der Waals surface area (Å²) in [5.74, 6) is 0.128. The molecule has 1 aromatic carbocycles. The molecule has 0 radical (unpaired) electrons. The fourth-order valence-corrected chi connectivity index (χ4v) is 2.81. The van der Waals surface area contributed by atoms with Crippen LogP contribution in [0.5, 0.6) is 0 Å². The molecule has 3 rings (SSSR count). The van der Waals surface area contributed by atoms with E-state index in [-0.39, 0.29) is 11.9 Å². The van der Waals surface area contributed by atoms with Crippen LogP contribution >= 0.6 is 11.3 Å². The van der Waals surface area contributed by atoms with E-state index in [0.717, 1.165) is 5.69 Å². The highest BCUT2D eigenvalue weighted by Gasteiger charge is 2.08. The molecule has 6 nitrogen and oxygen atoms in total. The van der Waals surface area contributed by atoms with Gasteiger partial charge in [0.1, 0.15) is 5.82 Å². The Morgan fingerprint density at radius 2 is 1.85 bits per heavy atom. The Labute approximate surface area is 154 Å². The third-order valence-corrected chi connectivity index (χ3v) is 4.30. The zero-order chi connectivity index (χ0) is 18.4. The lowest BCUT2D eigenvalue weighted by Crippen LogP contribution is -2.10. The minimum atomic E-state index is -0.344. The number of anilines is 3. The summed E-state index contributed by atoms with van der Waals surface area (Å²) in [7, 11) is 0. The van der Waals surface area contributed by atoms with E-state index < -0.39 is 0 Å². The largest absolute Gasteiger partial charge is 0.462 e. The van der Waals surface area contributed by atoms with E-state index in [1.165, 1.54) is 11.3 Å². The van der Waals surface area contributed by atoms with E-state index in [1.54, 1.807) is 55.6 Å². The summed E-state index contributed by atoms with van der Waals surface area (Å²) in [4.78, 5) is 28.6. The highest BCUT2D eigenvalue weighted by atomic mass is 32.1. The van der Waals surface area contributed by atoms with E-state index in [9.17, 15) is 9.59 Å².